The van der Waals surface area contributed by atoms with Gasteiger partial charge < -0.3 is 9.84 Å². The quantitative estimate of drug-likeness (QED) is 0.735. The van der Waals surface area contributed by atoms with Crippen LogP contribution in [0.15, 0.2) is 24.3 Å². The maximum absolute atomic E-state index is 10.9. The predicted octanol–water partition coefficient (Wildman–Crippen LogP) is 1.90. The van der Waals surface area contributed by atoms with Crippen molar-refractivity contribution < 1.29 is 14.6 Å². The van der Waals surface area contributed by atoms with Gasteiger partial charge >= 0.3 is 5.97 Å². The summed E-state index contributed by atoms with van der Waals surface area (Å²) >= 11 is 0. The highest BCUT2D eigenvalue weighted by atomic mass is 16.5. The standard InChI is InChI=1S/C11H10O3/c12-11(13)8-5-9-6-3-1-2-4-7(6)10(8)14-9/h1-4,8-10H,5H2,(H,12,13). The minimum Gasteiger partial charge on any atom is -0.481 e. The van der Waals surface area contributed by atoms with Crippen molar-refractivity contribution in [3.8, 4) is 0 Å². The molecule has 2 heterocycles. The van der Waals surface area contributed by atoms with Crippen molar-refractivity contribution in [2.75, 3.05) is 0 Å². The highest BCUT2D eigenvalue weighted by molar-refractivity contribution is 5.72. The van der Waals surface area contributed by atoms with Crippen LogP contribution in [0.5, 0.6) is 0 Å². The molecule has 3 atom stereocenters. The Morgan fingerprint density at radius 2 is 2.07 bits per heavy atom. The highest BCUT2D eigenvalue weighted by Gasteiger charge is 2.48. The second-order valence-electron chi connectivity index (χ2n) is 3.85. The van der Waals surface area contributed by atoms with Crippen LogP contribution in [-0.2, 0) is 9.53 Å². The summed E-state index contributed by atoms with van der Waals surface area (Å²) in [5, 5.41) is 8.98. The zero-order valence-corrected chi connectivity index (χ0v) is 7.51. The highest BCUT2D eigenvalue weighted by Crippen LogP contribution is 2.53. The molecule has 0 saturated carbocycles. The summed E-state index contributed by atoms with van der Waals surface area (Å²) in [6.45, 7) is 0. The van der Waals surface area contributed by atoms with Crippen molar-refractivity contribution in [1.29, 1.82) is 0 Å². The van der Waals surface area contributed by atoms with Gasteiger partial charge in [0.05, 0.1) is 18.1 Å². The van der Waals surface area contributed by atoms with Crippen molar-refractivity contribution in [3.05, 3.63) is 35.4 Å². The van der Waals surface area contributed by atoms with Gasteiger partial charge in [-0.25, -0.2) is 0 Å². The number of hydrogen-bond donors (Lipinski definition) is 1. The average molecular weight is 190 g/mol. The smallest absolute Gasteiger partial charge is 0.309 e. The van der Waals surface area contributed by atoms with E-state index >= 15 is 0 Å². The lowest BCUT2D eigenvalue weighted by atomic mass is 9.84. The van der Waals surface area contributed by atoms with E-state index in [0.717, 1.165) is 5.56 Å². The maximum Gasteiger partial charge on any atom is 0.309 e. The van der Waals surface area contributed by atoms with Crippen molar-refractivity contribution in [1.82, 2.24) is 0 Å². The third kappa shape index (κ3) is 0.876. The molecule has 0 amide bonds. The summed E-state index contributed by atoms with van der Waals surface area (Å²) in [5.74, 6) is -1.10. The van der Waals surface area contributed by atoms with Crippen LogP contribution in [0.25, 0.3) is 0 Å². The number of carboxylic acids is 1. The van der Waals surface area contributed by atoms with Crippen LogP contribution < -0.4 is 0 Å². The van der Waals surface area contributed by atoms with E-state index in [-0.39, 0.29) is 18.1 Å². The van der Waals surface area contributed by atoms with E-state index in [1.54, 1.807) is 0 Å². The van der Waals surface area contributed by atoms with Crippen LogP contribution in [0.2, 0.25) is 0 Å². The molecule has 3 unspecified atom stereocenters. The molecule has 0 aliphatic carbocycles. The molecule has 0 radical (unpaired) electrons. The minimum absolute atomic E-state index is 0.0114. The zero-order valence-electron chi connectivity index (χ0n) is 7.51. The molecule has 2 aliphatic rings. The van der Waals surface area contributed by atoms with Gasteiger partial charge in [0.15, 0.2) is 0 Å². The van der Waals surface area contributed by atoms with E-state index in [4.69, 9.17) is 9.84 Å². The molecule has 14 heavy (non-hydrogen) atoms. The number of benzene rings is 1. The molecule has 1 N–H and O–H groups in total. The molecular formula is C11H10O3. The molecular weight excluding hydrogens is 180 g/mol. The van der Waals surface area contributed by atoms with Crippen molar-refractivity contribution in [2.24, 2.45) is 5.92 Å². The number of rotatable bonds is 1. The lowest BCUT2D eigenvalue weighted by Gasteiger charge is -2.16. The van der Waals surface area contributed by atoms with Gasteiger partial charge in [0.2, 0.25) is 0 Å². The molecule has 2 aliphatic heterocycles. The van der Waals surface area contributed by atoms with Crippen LogP contribution in [0, 0.1) is 5.92 Å². The largest absolute Gasteiger partial charge is 0.481 e. The van der Waals surface area contributed by atoms with Gasteiger partial charge in [-0.2, -0.15) is 0 Å². The fraction of sp³-hybridized carbons (Fsp3) is 0.364. The first kappa shape index (κ1) is 8.00. The molecule has 3 nitrogen and oxygen atoms in total. The number of fused-ring (bicyclic) bond motifs is 5. The molecule has 0 aromatic heterocycles. The second-order valence-corrected chi connectivity index (χ2v) is 3.85. The topological polar surface area (TPSA) is 46.5 Å². The molecule has 72 valence electrons. The zero-order chi connectivity index (χ0) is 9.71. The molecule has 1 fully saturated rings. The van der Waals surface area contributed by atoms with E-state index in [9.17, 15) is 4.79 Å². The number of carboxylic acid groups (broad SMARTS) is 1. The van der Waals surface area contributed by atoms with Crippen LogP contribution in [0.1, 0.15) is 29.8 Å². The monoisotopic (exact) mass is 190 g/mol. The lowest BCUT2D eigenvalue weighted by Crippen LogP contribution is -2.19. The predicted molar refractivity (Wildman–Crippen MR) is 48.8 cm³/mol. The third-order valence-corrected chi connectivity index (χ3v) is 3.11. The van der Waals surface area contributed by atoms with E-state index in [0.29, 0.717) is 6.42 Å². The average Bonchev–Trinajstić information content (AvgIpc) is 2.75. The number of ether oxygens (including phenoxy) is 1. The Labute approximate surface area is 81.3 Å². The molecule has 1 saturated heterocycles. The van der Waals surface area contributed by atoms with Crippen molar-refractivity contribution in [2.45, 2.75) is 18.6 Å². The third-order valence-electron chi connectivity index (χ3n) is 3.11. The van der Waals surface area contributed by atoms with Gasteiger partial charge in [0, 0.05) is 0 Å². The Morgan fingerprint density at radius 1 is 1.36 bits per heavy atom. The fourth-order valence-electron chi connectivity index (χ4n) is 2.47. The van der Waals surface area contributed by atoms with Crippen molar-refractivity contribution in [3.63, 3.8) is 0 Å². The summed E-state index contributed by atoms with van der Waals surface area (Å²) in [6.07, 6.45) is 0.419. The van der Waals surface area contributed by atoms with Crippen LogP contribution in [-0.4, -0.2) is 11.1 Å². The van der Waals surface area contributed by atoms with Gasteiger partial charge in [-0.1, -0.05) is 24.3 Å². The molecule has 3 heteroatoms. The van der Waals surface area contributed by atoms with Crippen LogP contribution in [0.3, 0.4) is 0 Å². The first-order chi connectivity index (χ1) is 6.77. The van der Waals surface area contributed by atoms with E-state index < -0.39 is 5.97 Å². The first-order valence-corrected chi connectivity index (χ1v) is 4.74. The van der Waals surface area contributed by atoms with E-state index in [2.05, 4.69) is 0 Å². The number of hydrogen-bond acceptors (Lipinski definition) is 2. The lowest BCUT2D eigenvalue weighted by molar-refractivity contribution is -0.143. The Hall–Kier alpha value is -1.35. The first-order valence-electron chi connectivity index (χ1n) is 4.74. The number of aliphatic carboxylic acids is 1. The summed E-state index contributed by atoms with van der Waals surface area (Å²) in [5.41, 5.74) is 2.24. The molecule has 3 rings (SSSR count). The van der Waals surface area contributed by atoms with E-state index in [1.165, 1.54) is 5.56 Å². The Bertz CT molecular complexity index is 399. The van der Waals surface area contributed by atoms with Crippen LogP contribution in [0.4, 0.5) is 0 Å². The second kappa shape index (κ2) is 2.58. The summed E-state index contributed by atoms with van der Waals surface area (Å²) in [7, 11) is 0. The van der Waals surface area contributed by atoms with E-state index in [1.807, 2.05) is 24.3 Å². The summed E-state index contributed by atoms with van der Waals surface area (Å²) in [4.78, 5) is 10.9. The van der Waals surface area contributed by atoms with Crippen LogP contribution >= 0.6 is 0 Å². The Kier molecular flexibility index (Phi) is 1.47. The normalized spacial score (nSPS) is 33.0. The van der Waals surface area contributed by atoms with Gasteiger partial charge in [0.25, 0.3) is 0 Å². The molecule has 1 aromatic rings. The van der Waals surface area contributed by atoms with Gasteiger partial charge in [-0.05, 0) is 17.5 Å². The fourth-order valence-corrected chi connectivity index (χ4v) is 2.47. The summed E-state index contributed by atoms with van der Waals surface area (Å²) < 4.78 is 5.64. The van der Waals surface area contributed by atoms with Crippen molar-refractivity contribution >= 4 is 5.97 Å². The Morgan fingerprint density at radius 3 is 2.79 bits per heavy atom. The molecule has 2 bridgehead atoms. The Balaban J connectivity index is 2.06. The maximum atomic E-state index is 10.9. The molecule has 1 aromatic carbocycles. The van der Waals surface area contributed by atoms with Gasteiger partial charge in [0.1, 0.15) is 0 Å². The van der Waals surface area contributed by atoms with Gasteiger partial charge in [-0.15, -0.1) is 0 Å². The SMILES string of the molecule is O=C(O)C1CC2OC1c1ccccc12. The molecule has 0 spiro atoms. The minimum atomic E-state index is -0.744. The van der Waals surface area contributed by atoms with Gasteiger partial charge in [-0.3, -0.25) is 4.79 Å². The number of carbonyl (C=O) groups is 1. The summed E-state index contributed by atoms with van der Waals surface area (Å²) in [6, 6.07) is 7.90.